The Hall–Kier alpha value is -5.01. The molecule has 3 heterocycles. The molecule has 3 aliphatic rings. The summed E-state index contributed by atoms with van der Waals surface area (Å²) in [7, 11) is 0. The molecule has 1 aromatic heterocycles. The Kier molecular flexibility index (Phi) is 8.95. The number of nitrogens with zero attached hydrogens (tertiary/aromatic N) is 3. The fourth-order valence-corrected chi connectivity index (χ4v) is 6.43. The third-order valence-electron chi connectivity index (χ3n) is 9.63. The molecular weight excluding hydrogens is 648 g/mol. The number of halogens is 2. The molecule has 1 saturated carbocycles. The smallest absolute Gasteiger partial charge is 0.247 e. The van der Waals surface area contributed by atoms with Gasteiger partial charge < -0.3 is 35.3 Å². The first-order valence-electron chi connectivity index (χ1n) is 16.8. The SMILES string of the molecule is CC1(N)CCN(CCCOc2cc3nccc(Oc4ccc(N(C(=O)C5(C(N)=O)CC5)c5ccc(F)cc5)cc4F)c3c3c2OCCO3)CC1. The van der Waals surface area contributed by atoms with E-state index in [4.69, 9.17) is 30.4 Å². The molecule has 1 saturated heterocycles. The van der Waals surface area contributed by atoms with Crippen LogP contribution in [0.3, 0.4) is 0 Å². The summed E-state index contributed by atoms with van der Waals surface area (Å²) in [6.45, 7) is 6.00. The quantitative estimate of drug-likeness (QED) is 0.152. The minimum absolute atomic E-state index is 0.0984. The second-order valence-electron chi connectivity index (χ2n) is 13.4. The van der Waals surface area contributed by atoms with Crippen LogP contribution < -0.4 is 35.3 Å². The van der Waals surface area contributed by atoms with Gasteiger partial charge in [-0.15, -0.1) is 0 Å². The topological polar surface area (TPSA) is 142 Å². The molecule has 11 nitrogen and oxygen atoms in total. The zero-order chi connectivity index (χ0) is 35.0. The van der Waals surface area contributed by atoms with Crippen LogP contribution in [-0.2, 0) is 9.59 Å². The summed E-state index contributed by atoms with van der Waals surface area (Å²) < 4.78 is 53.9. The van der Waals surface area contributed by atoms with Gasteiger partial charge in [-0.25, -0.2) is 8.78 Å². The molecule has 262 valence electrons. The van der Waals surface area contributed by atoms with E-state index in [0.717, 1.165) is 45.0 Å². The Balaban J connectivity index is 1.13. The van der Waals surface area contributed by atoms with E-state index in [0.29, 0.717) is 41.4 Å². The molecule has 50 heavy (non-hydrogen) atoms. The van der Waals surface area contributed by atoms with Gasteiger partial charge in [0.2, 0.25) is 17.6 Å². The highest BCUT2D eigenvalue weighted by Gasteiger charge is 2.57. The highest BCUT2D eigenvalue weighted by atomic mass is 19.1. The monoisotopic (exact) mass is 687 g/mol. The molecule has 2 fully saturated rings. The minimum Gasteiger partial charge on any atom is -0.489 e. The van der Waals surface area contributed by atoms with Crippen LogP contribution in [-0.4, -0.2) is 66.7 Å². The third kappa shape index (κ3) is 6.62. The molecule has 0 unspecified atom stereocenters. The number of nitrogens with two attached hydrogens (primary N) is 2. The van der Waals surface area contributed by atoms with E-state index in [-0.39, 0.29) is 47.9 Å². The number of benzene rings is 3. The molecule has 0 atom stereocenters. The van der Waals surface area contributed by atoms with Crippen LogP contribution in [0.25, 0.3) is 10.9 Å². The number of carbonyl (C=O) groups is 2. The van der Waals surface area contributed by atoms with E-state index < -0.39 is 28.9 Å². The average molecular weight is 688 g/mol. The third-order valence-corrected chi connectivity index (χ3v) is 9.63. The number of piperidine rings is 1. The Morgan fingerprint density at radius 3 is 2.30 bits per heavy atom. The Bertz CT molecular complexity index is 1920. The summed E-state index contributed by atoms with van der Waals surface area (Å²) in [5.41, 5.74) is 11.2. The van der Waals surface area contributed by atoms with Crippen LogP contribution in [0, 0.1) is 17.0 Å². The number of hydrogen-bond acceptors (Lipinski definition) is 9. The summed E-state index contributed by atoms with van der Waals surface area (Å²) in [5.74, 6) is -1.24. The van der Waals surface area contributed by atoms with E-state index in [9.17, 15) is 14.0 Å². The average Bonchev–Trinajstić information content (AvgIpc) is 3.92. The lowest BCUT2D eigenvalue weighted by Gasteiger charge is -2.36. The van der Waals surface area contributed by atoms with Crippen LogP contribution in [0.1, 0.15) is 39.0 Å². The maximum Gasteiger partial charge on any atom is 0.247 e. The second-order valence-corrected chi connectivity index (χ2v) is 13.4. The van der Waals surface area contributed by atoms with Gasteiger partial charge in [-0.2, -0.15) is 0 Å². The van der Waals surface area contributed by atoms with Gasteiger partial charge in [0.05, 0.1) is 23.2 Å². The number of carbonyl (C=O) groups excluding carboxylic acids is 2. The van der Waals surface area contributed by atoms with Gasteiger partial charge in [-0.05, 0) is 94.6 Å². The van der Waals surface area contributed by atoms with Crippen molar-refractivity contribution in [2.75, 3.05) is 44.4 Å². The standard InChI is InChI=1S/C37H39F2N5O6/c1-36(41)12-16-43(17-13-36)15-2-18-47-30-22-27-31(33-32(30)48-19-20-49-33)29(9-14-42-27)50-28-8-7-25(21-26(28)39)44(24-5-3-23(38)4-6-24)35(46)37(10-11-37)34(40)45/h3-9,14,21-22H,2,10-13,15-20,41H2,1H3,(H2,40,45). The Morgan fingerprint density at radius 2 is 1.62 bits per heavy atom. The highest BCUT2D eigenvalue weighted by molar-refractivity contribution is 6.16. The number of pyridine rings is 1. The molecular formula is C37H39F2N5O6. The van der Waals surface area contributed by atoms with Crippen molar-refractivity contribution in [2.45, 2.75) is 44.6 Å². The zero-order valence-electron chi connectivity index (χ0n) is 27.8. The van der Waals surface area contributed by atoms with Crippen LogP contribution in [0.2, 0.25) is 0 Å². The van der Waals surface area contributed by atoms with Gasteiger partial charge >= 0.3 is 0 Å². The Labute approximate surface area is 288 Å². The number of hydrogen-bond donors (Lipinski definition) is 2. The van der Waals surface area contributed by atoms with E-state index in [1.807, 2.05) is 0 Å². The van der Waals surface area contributed by atoms with Crippen molar-refractivity contribution >= 4 is 34.1 Å². The zero-order valence-corrected chi connectivity index (χ0v) is 27.8. The number of fused-ring (bicyclic) bond motifs is 3. The number of likely N-dealkylation sites (tertiary alicyclic amines) is 1. The first-order valence-corrected chi connectivity index (χ1v) is 16.8. The van der Waals surface area contributed by atoms with Gasteiger partial charge in [0.1, 0.15) is 30.2 Å². The molecule has 0 spiro atoms. The minimum atomic E-state index is -1.40. The van der Waals surface area contributed by atoms with Gasteiger partial charge in [0, 0.05) is 36.1 Å². The van der Waals surface area contributed by atoms with E-state index in [1.165, 1.54) is 41.3 Å². The summed E-state index contributed by atoms with van der Waals surface area (Å²) in [6, 6.07) is 12.5. The molecule has 2 aliphatic heterocycles. The maximum absolute atomic E-state index is 15.8. The number of primary amides is 1. The summed E-state index contributed by atoms with van der Waals surface area (Å²) in [5, 5.41) is 0.483. The van der Waals surface area contributed by atoms with E-state index in [1.54, 1.807) is 18.3 Å². The number of ether oxygens (including phenoxy) is 4. The van der Waals surface area contributed by atoms with Crippen molar-refractivity contribution < 1.29 is 37.3 Å². The lowest BCUT2D eigenvalue weighted by atomic mass is 9.91. The maximum atomic E-state index is 15.8. The van der Waals surface area contributed by atoms with Gasteiger partial charge in [-0.3, -0.25) is 19.5 Å². The van der Waals surface area contributed by atoms with Gasteiger partial charge in [0.25, 0.3) is 0 Å². The normalized spacial score (nSPS) is 17.6. The van der Waals surface area contributed by atoms with Crippen LogP contribution in [0.4, 0.5) is 20.2 Å². The molecule has 1 aliphatic carbocycles. The summed E-state index contributed by atoms with van der Waals surface area (Å²) in [6.07, 6.45) is 4.83. The van der Waals surface area contributed by atoms with Crippen molar-refractivity contribution in [1.82, 2.24) is 9.88 Å². The van der Waals surface area contributed by atoms with E-state index >= 15 is 4.39 Å². The second kappa shape index (κ2) is 13.4. The first kappa shape index (κ1) is 33.5. The fraction of sp³-hybridized carbons (Fsp3) is 0.378. The molecule has 0 radical (unpaired) electrons. The summed E-state index contributed by atoms with van der Waals surface area (Å²) in [4.78, 5) is 34.0. The van der Waals surface area contributed by atoms with Crippen molar-refractivity contribution in [1.29, 1.82) is 0 Å². The number of amides is 2. The molecule has 4 aromatic rings. The highest BCUT2D eigenvalue weighted by Crippen LogP contribution is 2.50. The lowest BCUT2D eigenvalue weighted by molar-refractivity contribution is -0.133. The van der Waals surface area contributed by atoms with Crippen LogP contribution >= 0.6 is 0 Å². The van der Waals surface area contributed by atoms with Crippen molar-refractivity contribution in [3.8, 4) is 28.7 Å². The van der Waals surface area contributed by atoms with Crippen molar-refractivity contribution in [3.63, 3.8) is 0 Å². The van der Waals surface area contributed by atoms with Crippen molar-refractivity contribution in [3.05, 3.63) is 72.4 Å². The Morgan fingerprint density at radius 1 is 0.920 bits per heavy atom. The number of anilines is 2. The van der Waals surface area contributed by atoms with Crippen molar-refractivity contribution in [2.24, 2.45) is 16.9 Å². The van der Waals surface area contributed by atoms with Crippen LogP contribution in [0.15, 0.2) is 60.8 Å². The molecule has 4 N–H and O–H groups in total. The van der Waals surface area contributed by atoms with E-state index in [2.05, 4.69) is 16.8 Å². The largest absolute Gasteiger partial charge is 0.489 e. The fourth-order valence-electron chi connectivity index (χ4n) is 6.43. The van der Waals surface area contributed by atoms with Crippen LogP contribution in [0.5, 0.6) is 28.7 Å². The number of aromatic nitrogens is 1. The predicted octanol–water partition coefficient (Wildman–Crippen LogP) is 5.59. The molecule has 2 amide bonds. The lowest BCUT2D eigenvalue weighted by Crippen LogP contribution is -2.48. The van der Waals surface area contributed by atoms with Gasteiger partial charge in [0.15, 0.2) is 23.1 Å². The first-order chi connectivity index (χ1) is 24.0. The summed E-state index contributed by atoms with van der Waals surface area (Å²) >= 11 is 0. The molecule has 3 aromatic carbocycles. The predicted molar refractivity (Wildman–Crippen MR) is 182 cm³/mol. The molecule has 0 bridgehead atoms. The van der Waals surface area contributed by atoms with Gasteiger partial charge in [-0.1, -0.05) is 0 Å². The number of rotatable bonds is 11. The molecule has 7 rings (SSSR count). The molecule has 13 heteroatoms.